The number of aryl methyl sites for hydroxylation is 1. The normalized spacial score (nSPS) is 12.3. The van der Waals surface area contributed by atoms with Crippen molar-refractivity contribution in [1.29, 1.82) is 0 Å². The number of ether oxygens (including phenoxy) is 2. The molecule has 96 valence electrons. The van der Waals surface area contributed by atoms with Crippen molar-refractivity contribution in [1.82, 2.24) is 0 Å². The third kappa shape index (κ3) is 3.54. The molecule has 0 aliphatic carbocycles. The molecule has 0 saturated carbocycles. The Balaban J connectivity index is 3.02. The van der Waals surface area contributed by atoms with Crippen LogP contribution in [0, 0.1) is 6.92 Å². The van der Waals surface area contributed by atoms with Gasteiger partial charge in [0, 0.05) is 5.56 Å². The van der Waals surface area contributed by atoms with Gasteiger partial charge in [0.2, 0.25) is 0 Å². The maximum Gasteiger partial charge on any atom is 0.125 e. The Morgan fingerprint density at radius 3 is 2.41 bits per heavy atom. The largest absolute Gasteiger partial charge is 0.496 e. The van der Waals surface area contributed by atoms with Gasteiger partial charge in [0.1, 0.15) is 11.5 Å². The van der Waals surface area contributed by atoms with Gasteiger partial charge in [-0.15, -0.1) is 0 Å². The average Bonchev–Trinajstić information content (AvgIpc) is 2.35. The molecule has 0 fully saturated rings. The molecule has 0 aliphatic heterocycles. The van der Waals surface area contributed by atoms with Crippen LogP contribution in [0.15, 0.2) is 12.1 Å². The number of thioether (sulfide) groups is 1. The van der Waals surface area contributed by atoms with Gasteiger partial charge in [-0.05, 0) is 43.0 Å². The van der Waals surface area contributed by atoms with E-state index in [9.17, 15) is 5.11 Å². The van der Waals surface area contributed by atoms with E-state index >= 15 is 0 Å². The first-order valence-corrected chi connectivity index (χ1v) is 6.93. The zero-order valence-corrected chi connectivity index (χ0v) is 11.6. The van der Waals surface area contributed by atoms with Gasteiger partial charge in [-0.2, -0.15) is 11.8 Å². The van der Waals surface area contributed by atoms with Gasteiger partial charge in [0.25, 0.3) is 0 Å². The summed E-state index contributed by atoms with van der Waals surface area (Å²) in [4.78, 5) is 0. The lowest BCUT2D eigenvalue weighted by molar-refractivity contribution is 0.170. The van der Waals surface area contributed by atoms with Crippen LogP contribution in [0.3, 0.4) is 0 Å². The molecule has 0 bridgehead atoms. The number of aliphatic hydroxyl groups is 1. The van der Waals surface area contributed by atoms with Crippen LogP contribution in [0.2, 0.25) is 0 Å². The SMILES string of the molecule is COc1cc(C(O)CCSC)c(OC)cc1C. The molecule has 0 amide bonds. The summed E-state index contributed by atoms with van der Waals surface area (Å²) in [6, 6.07) is 3.76. The highest BCUT2D eigenvalue weighted by atomic mass is 32.2. The van der Waals surface area contributed by atoms with E-state index in [1.165, 1.54) is 0 Å². The third-order valence-corrected chi connectivity index (χ3v) is 3.35. The van der Waals surface area contributed by atoms with Crippen LogP contribution in [-0.2, 0) is 0 Å². The number of hydrogen-bond donors (Lipinski definition) is 1. The summed E-state index contributed by atoms with van der Waals surface area (Å²) in [6.45, 7) is 1.96. The highest BCUT2D eigenvalue weighted by molar-refractivity contribution is 7.98. The fourth-order valence-electron chi connectivity index (χ4n) is 1.72. The predicted molar refractivity (Wildman–Crippen MR) is 72.2 cm³/mol. The molecule has 0 aliphatic rings. The Labute approximate surface area is 107 Å². The lowest BCUT2D eigenvalue weighted by Gasteiger charge is -2.17. The van der Waals surface area contributed by atoms with Crippen LogP contribution in [0.4, 0.5) is 0 Å². The highest BCUT2D eigenvalue weighted by Crippen LogP contribution is 2.33. The first kappa shape index (κ1) is 14.2. The van der Waals surface area contributed by atoms with Gasteiger partial charge in [-0.1, -0.05) is 0 Å². The first-order valence-electron chi connectivity index (χ1n) is 5.53. The van der Waals surface area contributed by atoms with Crippen molar-refractivity contribution in [3.05, 3.63) is 23.3 Å². The molecule has 1 N–H and O–H groups in total. The smallest absolute Gasteiger partial charge is 0.125 e. The van der Waals surface area contributed by atoms with E-state index in [-0.39, 0.29) is 0 Å². The molecule has 0 spiro atoms. The predicted octanol–water partition coefficient (Wildman–Crippen LogP) is 2.80. The molecular weight excluding hydrogens is 236 g/mol. The van der Waals surface area contributed by atoms with Crippen LogP contribution < -0.4 is 9.47 Å². The molecule has 1 rings (SSSR count). The zero-order valence-electron chi connectivity index (χ0n) is 10.8. The second kappa shape index (κ2) is 6.77. The summed E-state index contributed by atoms with van der Waals surface area (Å²) in [5.41, 5.74) is 1.80. The molecular formula is C13H20O3S. The number of benzene rings is 1. The first-order chi connectivity index (χ1) is 8.13. The number of aliphatic hydroxyl groups excluding tert-OH is 1. The van der Waals surface area contributed by atoms with E-state index < -0.39 is 6.10 Å². The van der Waals surface area contributed by atoms with E-state index in [4.69, 9.17) is 9.47 Å². The van der Waals surface area contributed by atoms with Crippen LogP contribution in [-0.4, -0.2) is 31.3 Å². The molecule has 0 heterocycles. The summed E-state index contributed by atoms with van der Waals surface area (Å²) in [5.74, 6) is 2.42. The van der Waals surface area contributed by atoms with E-state index in [2.05, 4.69) is 0 Å². The van der Waals surface area contributed by atoms with Crippen LogP contribution in [0.5, 0.6) is 11.5 Å². The van der Waals surface area contributed by atoms with E-state index in [1.54, 1.807) is 26.0 Å². The topological polar surface area (TPSA) is 38.7 Å². The van der Waals surface area contributed by atoms with Crippen molar-refractivity contribution >= 4 is 11.8 Å². The Hall–Kier alpha value is -0.870. The van der Waals surface area contributed by atoms with E-state index in [1.807, 2.05) is 25.3 Å². The molecule has 1 unspecified atom stereocenters. The van der Waals surface area contributed by atoms with E-state index in [0.29, 0.717) is 6.42 Å². The Bertz CT molecular complexity index is 366. The quantitative estimate of drug-likeness (QED) is 0.849. The molecule has 1 aromatic rings. The van der Waals surface area contributed by atoms with Gasteiger partial charge in [0.15, 0.2) is 0 Å². The summed E-state index contributed by atoms with van der Waals surface area (Å²) in [5, 5.41) is 10.1. The van der Waals surface area contributed by atoms with Crippen LogP contribution >= 0.6 is 11.8 Å². The fraction of sp³-hybridized carbons (Fsp3) is 0.538. The summed E-state index contributed by atoms with van der Waals surface area (Å²) >= 11 is 1.72. The zero-order chi connectivity index (χ0) is 12.8. The molecule has 1 aromatic carbocycles. The summed E-state index contributed by atoms with van der Waals surface area (Å²) in [7, 11) is 3.25. The minimum Gasteiger partial charge on any atom is -0.496 e. The lowest BCUT2D eigenvalue weighted by Crippen LogP contribution is -2.03. The monoisotopic (exact) mass is 256 g/mol. The molecule has 17 heavy (non-hydrogen) atoms. The van der Waals surface area contributed by atoms with Crippen molar-refractivity contribution in [3.8, 4) is 11.5 Å². The minimum atomic E-state index is -0.508. The van der Waals surface area contributed by atoms with Gasteiger partial charge in [-0.25, -0.2) is 0 Å². The average molecular weight is 256 g/mol. The van der Waals surface area contributed by atoms with Crippen molar-refractivity contribution in [2.45, 2.75) is 19.4 Å². The maximum atomic E-state index is 10.1. The van der Waals surface area contributed by atoms with Gasteiger partial charge >= 0.3 is 0 Å². The fourth-order valence-corrected chi connectivity index (χ4v) is 2.18. The molecule has 0 radical (unpaired) electrons. The Morgan fingerprint density at radius 2 is 1.88 bits per heavy atom. The highest BCUT2D eigenvalue weighted by Gasteiger charge is 2.15. The second-order valence-electron chi connectivity index (χ2n) is 3.86. The Kier molecular flexibility index (Phi) is 5.65. The number of hydrogen-bond acceptors (Lipinski definition) is 4. The molecule has 1 atom stereocenters. The number of rotatable bonds is 6. The molecule has 0 aromatic heterocycles. The lowest BCUT2D eigenvalue weighted by atomic mass is 10.0. The standard InChI is InChI=1S/C13H20O3S/c1-9-7-13(16-3)10(8-12(9)15-2)11(14)5-6-17-4/h7-8,11,14H,5-6H2,1-4H3. The van der Waals surface area contributed by atoms with Gasteiger partial charge in [-0.3, -0.25) is 0 Å². The van der Waals surface area contributed by atoms with Crippen molar-refractivity contribution in [2.24, 2.45) is 0 Å². The summed E-state index contributed by atoms with van der Waals surface area (Å²) in [6.07, 6.45) is 2.23. The Morgan fingerprint density at radius 1 is 1.24 bits per heavy atom. The van der Waals surface area contributed by atoms with Gasteiger partial charge < -0.3 is 14.6 Å². The van der Waals surface area contributed by atoms with Gasteiger partial charge in [0.05, 0.1) is 20.3 Å². The second-order valence-corrected chi connectivity index (χ2v) is 4.85. The van der Waals surface area contributed by atoms with Crippen LogP contribution in [0.1, 0.15) is 23.7 Å². The van der Waals surface area contributed by atoms with E-state index in [0.717, 1.165) is 28.4 Å². The van der Waals surface area contributed by atoms with Crippen molar-refractivity contribution in [3.63, 3.8) is 0 Å². The number of methoxy groups -OCH3 is 2. The molecule has 0 saturated heterocycles. The summed E-state index contributed by atoms with van der Waals surface area (Å²) < 4.78 is 10.6. The van der Waals surface area contributed by atoms with Crippen LogP contribution in [0.25, 0.3) is 0 Å². The van der Waals surface area contributed by atoms with Crippen molar-refractivity contribution in [2.75, 3.05) is 26.2 Å². The maximum absolute atomic E-state index is 10.1. The minimum absolute atomic E-state index is 0.508. The third-order valence-electron chi connectivity index (χ3n) is 2.70. The van der Waals surface area contributed by atoms with Crippen molar-refractivity contribution < 1.29 is 14.6 Å². The molecule has 4 heteroatoms. The molecule has 3 nitrogen and oxygen atoms in total.